The molecule has 0 spiro atoms. The SMILES string of the molecule is C[C@@H](O)COc1cccc(N2CCO[C@@H](C)C2)n1. The molecule has 5 heteroatoms. The molecule has 100 valence electrons. The van der Waals surface area contributed by atoms with Crippen LogP contribution in [0.15, 0.2) is 18.2 Å². The normalized spacial score (nSPS) is 21.7. The van der Waals surface area contributed by atoms with Gasteiger partial charge in [-0.3, -0.25) is 0 Å². The molecule has 1 aliphatic heterocycles. The van der Waals surface area contributed by atoms with Gasteiger partial charge in [0, 0.05) is 19.2 Å². The number of anilines is 1. The smallest absolute Gasteiger partial charge is 0.215 e. The number of nitrogens with zero attached hydrogens (tertiary/aromatic N) is 2. The van der Waals surface area contributed by atoms with Crippen LogP contribution in [0.25, 0.3) is 0 Å². The van der Waals surface area contributed by atoms with Crippen molar-refractivity contribution in [2.75, 3.05) is 31.2 Å². The van der Waals surface area contributed by atoms with E-state index >= 15 is 0 Å². The largest absolute Gasteiger partial charge is 0.475 e. The zero-order chi connectivity index (χ0) is 13.0. The van der Waals surface area contributed by atoms with E-state index in [0.29, 0.717) is 5.88 Å². The van der Waals surface area contributed by atoms with Gasteiger partial charge in [0.1, 0.15) is 12.4 Å². The lowest BCUT2D eigenvalue weighted by molar-refractivity contribution is 0.0528. The highest BCUT2D eigenvalue weighted by Crippen LogP contribution is 2.18. The second kappa shape index (κ2) is 6.02. The van der Waals surface area contributed by atoms with Crippen molar-refractivity contribution in [3.05, 3.63) is 18.2 Å². The predicted octanol–water partition coefficient (Wildman–Crippen LogP) is 1.07. The first-order chi connectivity index (χ1) is 8.65. The number of hydrogen-bond donors (Lipinski definition) is 1. The molecular weight excluding hydrogens is 232 g/mol. The predicted molar refractivity (Wildman–Crippen MR) is 69.0 cm³/mol. The van der Waals surface area contributed by atoms with Crippen molar-refractivity contribution in [1.82, 2.24) is 4.98 Å². The van der Waals surface area contributed by atoms with E-state index in [4.69, 9.17) is 9.47 Å². The molecule has 0 aromatic carbocycles. The summed E-state index contributed by atoms with van der Waals surface area (Å²) in [5.74, 6) is 1.45. The standard InChI is InChI=1S/C13H20N2O3/c1-10(16)9-18-13-5-3-4-12(14-13)15-6-7-17-11(2)8-15/h3-5,10-11,16H,6-9H2,1-2H3/t10-,11+/m1/s1. The van der Waals surface area contributed by atoms with Crippen molar-refractivity contribution >= 4 is 5.82 Å². The van der Waals surface area contributed by atoms with Crippen LogP contribution in [0.3, 0.4) is 0 Å². The van der Waals surface area contributed by atoms with Crippen LogP contribution in [0.5, 0.6) is 5.88 Å². The summed E-state index contributed by atoms with van der Waals surface area (Å²) in [6, 6.07) is 5.68. The van der Waals surface area contributed by atoms with Crippen molar-refractivity contribution in [2.45, 2.75) is 26.1 Å². The van der Waals surface area contributed by atoms with Crippen molar-refractivity contribution in [1.29, 1.82) is 0 Å². The number of hydrogen-bond acceptors (Lipinski definition) is 5. The molecule has 2 rings (SSSR count). The van der Waals surface area contributed by atoms with E-state index in [2.05, 4.69) is 16.8 Å². The first kappa shape index (κ1) is 13.1. The minimum absolute atomic E-state index is 0.225. The zero-order valence-corrected chi connectivity index (χ0v) is 10.9. The first-order valence-corrected chi connectivity index (χ1v) is 6.29. The van der Waals surface area contributed by atoms with Gasteiger partial charge in [0.2, 0.25) is 5.88 Å². The van der Waals surface area contributed by atoms with Crippen LogP contribution in [0.2, 0.25) is 0 Å². The molecule has 0 radical (unpaired) electrons. The molecular formula is C13H20N2O3. The van der Waals surface area contributed by atoms with E-state index in [1.807, 2.05) is 12.1 Å². The maximum atomic E-state index is 9.19. The monoisotopic (exact) mass is 252 g/mol. The van der Waals surface area contributed by atoms with Gasteiger partial charge in [0.15, 0.2) is 0 Å². The maximum absolute atomic E-state index is 9.19. The molecule has 1 aromatic heterocycles. The summed E-state index contributed by atoms with van der Waals surface area (Å²) in [6.07, 6.45) is -0.263. The molecule has 0 unspecified atom stereocenters. The molecule has 1 saturated heterocycles. The summed E-state index contributed by atoms with van der Waals surface area (Å²) in [5.41, 5.74) is 0. The van der Waals surface area contributed by atoms with Crippen LogP contribution in [-0.4, -0.2) is 48.6 Å². The van der Waals surface area contributed by atoms with Gasteiger partial charge in [-0.2, -0.15) is 4.98 Å². The Morgan fingerprint density at radius 2 is 2.44 bits per heavy atom. The molecule has 18 heavy (non-hydrogen) atoms. The van der Waals surface area contributed by atoms with E-state index in [1.54, 1.807) is 13.0 Å². The molecule has 1 aromatic rings. The molecule has 0 bridgehead atoms. The van der Waals surface area contributed by atoms with Gasteiger partial charge in [-0.1, -0.05) is 6.07 Å². The van der Waals surface area contributed by atoms with Gasteiger partial charge in [-0.25, -0.2) is 0 Å². The molecule has 1 N–H and O–H groups in total. The fourth-order valence-electron chi connectivity index (χ4n) is 1.89. The Morgan fingerprint density at radius 1 is 1.61 bits per heavy atom. The lowest BCUT2D eigenvalue weighted by Crippen LogP contribution is -2.41. The van der Waals surface area contributed by atoms with Crippen molar-refractivity contribution < 1.29 is 14.6 Å². The molecule has 0 saturated carbocycles. The lowest BCUT2D eigenvalue weighted by Gasteiger charge is -2.32. The van der Waals surface area contributed by atoms with Crippen LogP contribution in [0.1, 0.15) is 13.8 Å². The van der Waals surface area contributed by atoms with Crippen LogP contribution in [0, 0.1) is 0 Å². The Labute approximate surface area is 107 Å². The van der Waals surface area contributed by atoms with Crippen LogP contribution >= 0.6 is 0 Å². The Hall–Kier alpha value is -1.33. The van der Waals surface area contributed by atoms with E-state index in [9.17, 15) is 5.11 Å². The summed E-state index contributed by atoms with van der Waals surface area (Å²) >= 11 is 0. The molecule has 2 atom stereocenters. The van der Waals surface area contributed by atoms with Gasteiger partial charge in [0.05, 0.1) is 18.8 Å². The summed E-state index contributed by atoms with van der Waals surface area (Å²) < 4.78 is 10.9. The number of morpholine rings is 1. The number of ether oxygens (including phenoxy) is 2. The third-order valence-electron chi connectivity index (χ3n) is 2.75. The molecule has 0 amide bonds. The topological polar surface area (TPSA) is 54.8 Å². The average molecular weight is 252 g/mol. The Kier molecular flexibility index (Phi) is 4.38. The van der Waals surface area contributed by atoms with Gasteiger partial charge >= 0.3 is 0 Å². The van der Waals surface area contributed by atoms with Crippen LogP contribution in [-0.2, 0) is 4.74 Å². The highest BCUT2D eigenvalue weighted by Gasteiger charge is 2.18. The Bertz CT molecular complexity index is 384. The molecule has 1 fully saturated rings. The lowest BCUT2D eigenvalue weighted by atomic mass is 10.3. The minimum Gasteiger partial charge on any atom is -0.475 e. The molecule has 1 aliphatic rings. The first-order valence-electron chi connectivity index (χ1n) is 6.29. The van der Waals surface area contributed by atoms with Gasteiger partial charge in [-0.15, -0.1) is 0 Å². The van der Waals surface area contributed by atoms with E-state index in [-0.39, 0.29) is 12.7 Å². The van der Waals surface area contributed by atoms with Crippen molar-refractivity contribution in [3.8, 4) is 5.88 Å². The number of aliphatic hydroxyl groups is 1. The van der Waals surface area contributed by atoms with Crippen molar-refractivity contribution in [2.24, 2.45) is 0 Å². The van der Waals surface area contributed by atoms with Crippen LogP contribution in [0.4, 0.5) is 5.82 Å². The second-order valence-electron chi connectivity index (χ2n) is 4.62. The summed E-state index contributed by atoms with van der Waals surface area (Å²) in [6.45, 7) is 6.41. The number of aliphatic hydroxyl groups excluding tert-OH is 1. The third-order valence-corrected chi connectivity index (χ3v) is 2.75. The van der Waals surface area contributed by atoms with Crippen molar-refractivity contribution in [3.63, 3.8) is 0 Å². The van der Waals surface area contributed by atoms with Gasteiger partial charge < -0.3 is 19.5 Å². The number of rotatable bonds is 4. The second-order valence-corrected chi connectivity index (χ2v) is 4.62. The number of pyridine rings is 1. The summed E-state index contributed by atoms with van der Waals surface area (Å²) in [5, 5.41) is 9.19. The number of aromatic nitrogens is 1. The summed E-state index contributed by atoms with van der Waals surface area (Å²) in [4.78, 5) is 6.62. The average Bonchev–Trinajstić information content (AvgIpc) is 2.37. The fourth-order valence-corrected chi connectivity index (χ4v) is 1.89. The third kappa shape index (κ3) is 3.58. The van der Waals surface area contributed by atoms with Gasteiger partial charge in [-0.05, 0) is 19.9 Å². The van der Waals surface area contributed by atoms with Crippen LogP contribution < -0.4 is 9.64 Å². The Morgan fingerprint density at radius 3 is 3.17 bits per heavy atom. The quantitative estimate of drug-likeness (QED) is 0.868. The highest BCUT2D eigenvalue weighted by atomic mass is 16.5. The highest BCUT2D eigenvalue weighted by molar-refractivity contribution is 5.41. The van der Waals surface area contributed by atoms with E-state index in [0.717, 1.165) is 25.5 Å². The molecule has 5 nitrogen and oxygen atoms in total. The molecule has 0 aliphatic carbocycles. The minimum atomic E-state index is -0.487. The maximum Gasteiger partial charge on any atom is 0.215 e. The Balaban J connectivity index is 2.02. The van der Waals surface area contributed by atoms with Gasteiger partial charge in [0.25, 0.3) is 0 Å². The fraction of sp³-hybridized carbons (Fsp3) is 0.615. The van der Waals surface area contributed by atoms with E-state index in [1.165, 1.54) is 0 Å². The van der Waals surface area contributed by atoms with E-state index < -0.39 is 6.10 Å². The summed E-state index contributed by atoms with van der Waals surface area (Å²) in [7, 11) is 0. The molecule has 2 heterocycles. The zero-order valence-electron chi connectivity index (χ0n) is 10.9.